The summed E-state index contributed by atoms with van der Waals surface area (Å²) in [5.41, 5.74) is -2.14. The van der Waals surface area contributed by atoms with Gasteiger partial charge < -0.3 is 15.1 Å². The molecule has 264 valence electrons. The van der Waals surface area contributed by atoms with Gasteiger partial charge in [-0.3, -0.25) is 14.4 Å². The van der Waals surface area contributed by atoms with Crippen molar-refractivity contribution in [2.75, 3.05) is 13.7 Å². The van der Waals surface area contributed by atoms with Crippen molar-refractivity contribution in [3.8, 4) is 0 Å². The zero-order valence-electron chi connectivity index (χ0n) is 30.8. The van der Waals surface area contributed by atoms with Crippen LogP contribution in [0.3, 0.4) is 0 Å². The molecule has 2 aliphatic rings. The molecule has 0 bridgehead atoms. The lowest BCUT2D eigenvalue weighted by molar-refractivity contribution is -0.302. The molecule has 0 saturated carbocycles. The van der Waals surface area contributed by atoms with Gasteiger partial charge in [-0.25, -0.2) is 0 Å². The first-order valence-electron chi connectivity index (χ1n) is 18.1. The summed E-state index contributed by atoms with van der Waals surface area (Å²) in [4.78, 5) is 37.3. The summed E-state index contributed by atoms with van der Waals surface area (Å²) in [7, 11) is 1.73. The summed E-state index contributed by atoms with van der Waals surface area (Å²) >= 11 is 0. The number of rotatable bonds is 20. The molecular formula is C37H70N2O6. The van der Waals surface area contributed by atoms with Gasteiger partial charge in [0.2, 0.25) is 0 Å². The molecule has 8 nitrogen and oxygen atoms in total. The number of aliphatic carboxylic acids is 2. The van der Waals surface area contributed by atoms with Gasteiger partial charge in [0.1, 0.15) is 0 Å². The number of piperidine rings is 2. The number of hydrogen-bond donors (Lipinski definition) is 2. The maximum atomic E-state index is 13.9. The summed E-state index contributed by atoms with van der Waals surface area (Å²) in [6.45, 7) is 20.6. The Kier molecular flexibility index (Phi) is 14.9. The Balaban J connectivity index is 2.36. The molecule has 2 rings (SSSR count). The van der Waals surface area contributed by atoms with Crippen molar-refractivity contribution < 1.29 is 29.5 Å². The third kappa shape index (κ3) is 10.4. The standard InChI is InChI=1S/C37H70N2O6/c1-11-12-13-14-18-21-24-45-39-35(6,7)27-30(28-36(39,8)9)37(32(42)43,23-20-17-15-16-19-22-31(40)41)29-25-33(2,3)38(44-10)34(4,5)26-29/h29-30H,11-28H2,1-10H3,(H,40,41)(H,42,43). The van der Waals surface area contributed by atoms with Crippen LogP contribution in [0.25, 0.3) is 0 Å². The number of carboxylic acid groups (broad SMARTS) is 2. The number of nitrogens with zero attached hydrogens (tertiary/aromatic N) is 2. The summed E-state index contributed by atoms with van der Waals surface area (Å²) in [6, 6.07) is 0. The Hall–Kier alpha value is -1.22. The largest absolute Gasteiger partial charge is 0.481 e. The first-order chi connectivity index (χ1) is 20.9. The van der Waals surface area contributed by atoms with Crippen LogP contribution in [0.2, 0.25) is 0 Å². The lowest BCUT2D eigenvalue weighted by Crippen LogP contribution is -2.66. The zero-order chi connectivity index (χ0) is 34.1. The van der Waals surface area contributed by atoms with Crippen molar-refractivity contribution in [2.24, 2.45) is 17.3 Å². The molecule has 2 saturated heterocycles. The molecule has 0 spiro atoms. The van der Waals surface area contributed by atoms with E-state index >= 15 is 0 Å². The number of hydroxylamine groups is 4. The highest BCUT2D eigenvalue weighted by atomic mass is 16.7. The SMILES string of the molecule is CCCCCCCCON1C(C)(C)CC(C(CCCCCCCC(=O)O)(C(=O)O)C2CC(C)(C)N(OC)C(C)(C)C2)CC1(C)C. The molecule has 2 N–H and O–H groups in total. The van der Waals surface area contributed by atoms with E-state index < -0.39 is 17.4 Å². The average Bonchev–Trinajstić information content (AvgIpc) is 2.88. The first-order valence-corrected chi connectivity index (χ1v) is 18.1. The topological polar surface area (TPSA) is 99.5 Å². The average molecular weight is 639 g/mol. The highest BCUT2D eigenvalue weighted by Crippen LogP contribution is 2.58. The maximum absolute atomic E-state index is 13.9. The monoisotopic (exact) mass is 639 g/mol. The molecule has 0 aromatic heterocycles. The van der Waals surface area contributed by atoms with E-state index in [1.54, 1.807) is 7.11 Å². The second-order valence-corrected chi connectivity index (χ2v) is 16.8. The van der Waals surface area contributed by atoms with Crippen molar-refractivity contribution in [3.05, 3.63) is 0 Å². The van der Waals surface area contributed by atoms with E-state index in [1.807, 2.05) is 0 Å². The molecule has 2 aliphatic heterocycles. The smallest absolute Gasteiger partial charge is 0.310 e. The summed E-state index contributed by atoms with van der Waals surface area (Å²) < 4.78 is 0. The Morgan fingerprint density at radius 1 is 0.667 bits per heavy atom. The van der Waals surface area contributed by atoms with Crippen LogP contribution in [-0.2, 0) is 19.3 Å². The van der Waals surface area contributed by atoms with Gasteiger partial charge in [0.05, 0.1) is 19.1 Å². The fourth-order valence-electron chi connectivity index (χ4n) is 9.56. The van der Waals surface area contributed by atoms with Crippen molar-refractivity contribution in [3.63, 3.8) is 0 Å². The second-order valence-electron chi connectivity index (χ2n) is 16.8. The lowest BCUT2D eigenvalue weighted by atomic mass is 9.52. The van der Waals surface area contributed by atoms with Crippen LogP contribution >= 0.6 is 0 Å². The number of unbranched alkanes of at least 4 members (excludes halogenated alkanes) is 9. The molecule has 0 aliphatic carbocycles. The van der Waals surface area contributed by atoms with Crippen LogP contribution in [0.5, 0.6) is 0 Å². The minimum absolute atomic E-state index is 0.00778. The van der Waals surface area contributed by atoms with E-state index in [1.165, 1.54) is 32.1 Å². The maximum Gasteiger partial charge on any atom is 0.310 e. The summed E-state index contributed by atoms with van der Waals surface area (Å²) in [5.74, 6) is -1.42. The normalized spacial score (nSPS) is 23.5. The fourth-order valence-corrected chi connectivity index (χ4v) is 9.56. The quantitative estimate of drug-likeness (QED) is 0.127. The highest BCUT2D eigenvalue weighted by Gasteiger charge is 2.61. The van der Waals surface area contributed by atoms with Crippen molar-refractivity contribution in [1.82, 2.24) is 10.1 Å². The third-order valence-electron chi connectivity index (χ3n) is 10.9. The third-order valence-corrected chi connectivity index (χ3v) is 10.9. The fraction of sp³-hybridized carbons (Fsp3) is 0.946. The Morgan fingerprint density at radius 3 is 1.53 bits per heavy atom. The highest BCUT2D eigenvalue weighted by molar-refractivity contribution is 5.76. The molecule has 0 aromatic rings. The van der Waals surface area contributed by atoms with Crippen molar-refractivity contribution >= 4 is 11.9 Å². The molecule has 0 radical (unpaired) electrons. The van der Waals surface area contributed by atoms with Gasteiger partial charge in [0.25, 0.3) is 0 Å². The molecule has 1 unspecified atom stereocenters. The van der Waals surface area contributed by atoms with E-state index in [9.17, 15) is 14.7 Å². The molecule has 2 heterocycles. The van der Waals surface area contributed by atoms with Gasteiger partial charge in [0, 0.05) is 28.6 Å². The molecule has 8 heteroatoms. The number of carbonyl (C=O) groups is 2. The number of hydrogen-bond acceptors (Lipinski definition) is 6. The van der Waals surface area contributed by atoms with E-state index in [0.717, 1.165) is 57.8 Å². The van der Waals surface area contributed by atoms with Crippen LogP contribution in [-0.4, -0.2) is 68.2 Å². The predicted octanol–water partition coefficient (Wildman–Crippen LogP) is 9.26. The molecule has 1 atom stereocenters. The van der Waals surface area contributed by atoms with Crippen LogP contribution < -0.4 is 0 Å². The zero-order valence-corrected chi connectivity index (χ0v) is 30.8. The molecule has 45 heavy (non-hydrogen) atoms. The van der Waals surface area contributed by atoms with E-state index in [4.69, 9.17) is 14.8 Å². The molecule has 2 fully saturated rings. The van der Waals surface area contributed by atoms with E-state index in [0.29, 0.717) is 19.4 Å². The Bertz CT molecular complexity index is 896. The lowest BCUT2D eigenvalue weighted by Gasteiger charge is -2.61. The summed E-state index contributed by atoms with van der Waals surface area (Å²) in [6.07, 6.45) is 15.4. The van der Waals surface area contributed by atoms with E-state index in [-0.39, 0.29) is 40.4 Å². The van der Waals surface area contributed by atoms with Gasteiger partial charge >= 0.3 is 11.9 Å². The number of carboxylic acids is 2. The van der Waals surface area contributed by atoms with Gasteiger partial charge in [-0.15, -0.1) is 0 Å². The molecular weight excluding hydrogens is 568 g/mol. The van der Waals surface area contributed by atoms with Crippen LogP contribution in [0.4, 0.5) is 0 Å². The predicted molar refractivity (Wildman–Crippen MR) is 182 cm³/mol. The first kappa shape index (κ1) is 40.0. The van der Waals surface area contributed by atoms with Crippen molar-refractivity contribution in [2.45, 2.75) is 194 Å². The van der Waals surface area contributed by atoms with Gasteiger partial charge in [0.15, 0.2) is 0 Å². The van der Waals surface area contributed by atoms with E-state index in [2.05, 4.69) is 72.4 Å². The van der Waals surface area contributed by atoms with Gasteiger partial charge in [-0.05, 0) is 112 Å². The molecule has 0 amide bonds. The van der Waals surface area contributed by atoms with Crippen LogP contribution in [0, 0.1) is 17.3 Å². The minimum atomic E-state index is -0.880. The van der Waals surface area contributed by atoms with Crippen molar-refractivity contribution in [1.29, 1.82) is 0 Å². The van der Waals surface area contributed by atoms with Gasteiger partial charge in [-0.2, -0.15) is 10.1 Å². The Labute approximate surface area is 275 Å². The summed E-state index contributed by atoms with van der Waals surface area (Å²) in [5, 5.41) is 24.7. The van der Waals surface area contributed by atoms with Crippen LogP contribution in [0.15, 0.2) is 0 Å². The minimum Gasteiger partial charge on any atom is -0.481 e. The Morgan fingerprint density at radius 2 is 1.09 bits per heavy atom. The van der Waals surface area contributed by atoms with Crippen LogP contribution in [0.1, 0.15) is 171 Å². The second kappa shape index (κ2) is 16.7. The molecule has 0 aromatic carbocycles. The van der Waals surface area contributed by atoms with Gasteiger partial charge in [-0.1, -0.05) is 64.7 Å².